The Morgan fingerprint density at radius 1 is 1.04 bits per heavy atom. The van der Waals surface area contributed by atoms with Crippen LogP contribution in [0.2, 0.25) is 0 Å². The minimum absolute atomic E-state index is 0.184. The average molecular weight is 371 g/mol. The molecule has 2 aromatic heterocycles. The second-order valence-electron chi connectivity index (χ2n) is 6.60. The zero-order valence-electron chi connectivity index (χ0n) is 15.8. The van der Waals surface area contributed by atoms with Gasteiger partial charge in [-0.25, -0.2) is 9.67 Å². The van der Waals surface area contributed by atoms with E-state index >= 15 is 0 Å². The highest BCUT2D eigenvalue weighted by Crippen LogP contribution is 2.22. The Bertz CT molecular complexity index is 1080. The summed E-state index contributed by atoms with van der Waals surface area (Å²) in [6.07, 6.45) is 5.21. The largest absolute Gasteiger partial charge is 0.338 e. The molecule has 4 rings (SSSR count). The number of hydrogen-bond acceptors (Lipinski definition) is 3. The zero-order valence-corrected chi connectivity index (χ0v) is 15.8. The number of carbonyl (C=O) groups is 1. The lowest BCUT2D eigenvalue weighted by Crippen LogP contribution is -2.31. The van der Waals surface area contributed by atoms with E-state index in [1.165, 1.54) is 0 Å². The summed E-state index contributed by atoms with van der Waals surface area (Å²) < 4.78 is 3.69. The Labute approximate surface area is 163 Å². The van der Waals surface area contributed by atoms with E-state index in [0.29, 0.717) is 5.56 Å². The SMILES string of the molecule is Cc1c(C(=O)N[C@H](c2ccccc2)c2nccn2C)cnn1-c1ccccc1. The molecule has 1 atom stereocenters. The van der Waals surface area contributed by atoms with Crippen LogP contribution in [-0.2, 0) is 7.05 Å². The second-order valence-corrected chi connectivity index (χ2v) is 6.60. The van der Waals surface area contributed by atoms with Gasteiger partial charge in [0.05, 0.1) is 23.1 Å². The van der Waals surface area contributed by atoms with Crippen molar-refractivity contribution in [2.75, 3.05) is 0 Å². The number of para-hydroxylation sites is 1. The standard InChI is InChI=1S/C22H21N5O/c1-16-19(15-24-27(16)18-11-7-4-8-12-18)22(28)25-20(17-9-5-3-6-10-17)21-23-13-14-26(21)2/h3-15,20H,1-2H3,(H,25,28)/t20-/m1/s1. The summed E-state index contributed by atoms with van der Waals surface area (Å²) in [7, 11) is 1.92. The van der Waals surface area contributed by atoms with Crippen LogP contribution in [0.5, 0.6) is 0 Å². The maximum absolute atomic E-state index is 13.1. The third-order valence-electron chi connectivity index (χ3n) is 4.78. The van der Waals surface area contributed by atoms with Gasteiger partial charge in [-0.2, -0.15) is 5.10 Å². The first-order valence-electron chi connectivity index (χ1n) is 9.08. The lowest BCUT2D eigenvalue weighted by atomic mass is 10.1. The maximum Gasteiger partial charge on any atom is 0.255 e. The molecule has 0 aliphatic heterocycles. The molecule has 0 saturated heterocycles. The molecular formula is C22H21N5O. The van der Waals surface area contributed by atoms with Gasteiger partial charge in [0.2, 0.25) is 0 Å². The number of benzene rings is 2. The Hall–Kier alpha value is -3.67. The van der Waals surface area contributed by atoms with Crippen LogP contribution >= 0.6 is 0 Å². The molecule has 0 unspecified atom stereocenters. The Balaban J connectivity index is 1.66. The molecule has 4 aromatic rings. The molecule has 0 bridgehead atoms. The van der Waals surface area contributed by atoms with E-state index < -0.39 is 0 Å². The van der Waals surface area contributed by atoms with E-state index in [4.69, 9.17) is 0 Å². The topological polar surface area (TPSA) is 64.7 Å². The van der Waals surface area contributed by atoms with Crippen LogP contribution in [-0.4, -0.2) is 25.2 Å². The van der Waals surface area contributed by atoms with Crippen molar-refractivity contribution in [3.63, 3.8) is 0 Å². The lowest BCUT2D eigenvalue weighted by molar-refractivity contribution is 0.0940. The van der Waals surface area contributed by atoms with Crippen molar-refractivity contribution in [1.82, 2.24) is 24.6 Å². The second kappa shape index (κ2) is 7.52. The molecule has 2 aromatic carbocycles. The van der Waals surface area contributed by atoms with Crippen LogP contribution in [0.3, 0.4) is 0 Å². The third kappa shape index (κ3) is 3.32. The van der Waals surface area contributed by atoms with E-state index in [1.54, 1.807) is 17.1 Å². The normalized spacial score (nSPS) is 11.9. The minimum Gasteiger partial charge on any atom is -0.338 e. The van der Waals surface area contributed by atoms with Crippen molar-refractivity contribution in [1.29, 1.82) is 0 Å². The molecule has 6 nitrogen and oxygen atoms in total. The van der Waals surface area contributed by atoms with Crippen molar-refractivity contribution in [3.8, 4) is 5.69 Å². The van der Waals surface area contributed by atoms with Gasteiger partial charge in [-0.1, -0.05) is 48.5 Å². The molecule has 0 spiro atoms. The summed E-state index contributed by atoms with van der Waals surface area (Å²) in [6, 6.07) is 19.2. The number of aromatic nitrogens is 4. The monoisotopic (exact) mass is 371 g/mol. The Morgan fingerprint density at radius 2 is 1.71 bits per heavy atom. The summed E-state index contributed by atoms with van der Waals surface area (Å²) in [5.41, 5.74) is 3.22. The molecule has 0 fully saturated rings. The van der Waals surface area contributed by atoms with Gasteiger partial charge in [-0.3, -0.25) is 4.79 Å². The molecular weight excluding hydrogens is 350 g/mol. The summed E-state index contributed by atoms with van der Waals surface area (Å²) in [5, 5.41) is 7.53. The summed E-state index contributed by atoms with van der Waals surface area (Å²) in [6.45, 7) is 1.90. The lowest BCUT2D eigenvalue weighted by Gasteiger charge is -2.19. The number of hydrogen-bond donors (Lipinski definition) is 1. The van der Waals surface area contributed by atoms with Gasteiger partial charge in [0.1, 0.15) is 11.9 Å². The highest BCUT2D eigenvalue weighted by molar-refractivity contribution is 5.95. The van der Waals surface area contributed by atoms with Crippen molar-refractivity contribution >= 4 is 5.91 Å². The van der Waals surface area contributed by atoms with Crippen LogP contribution < -0.4 is 5.32 Å². The maximum atomic E-state index is 13.1. The molecule has 0 saturated carbocycles. The van der Waals surface area contributed by atoms with Gasteiger partial charge in [0.15, 0.2) is 0 Å². The van der Waals surface area contributed by atoms with Crippen molar-refractivity contribution in [2.24, 2.45) is 7.05 Å². The first kappa shape index (κ1) is 17.7. The molecule has 140 valence electrons. The van der Waals surface area contributed by atoms with Crippen molar-refractivity contribution in [2.45, 2.75) is 13.0 Å². The molecule has 2 heterocycles. The molecule has 0 aliphatic carbocycles. The van der Waals surface area contributed by atoms with Crippen LogP contribution in [0.15, 0.2) is 79.3 Å². The minimum atomic E-state index is -0.354. The number of aryl methyl sites for hydroxylation is 1. The Kier molecular flexibility index (Phi) is 4.76. The van der Waals surface area contributed by atoms with Crippen molar-refractivity contribution in [3.05, 3.63) is 102 Å². The van der Waals surface area contributed by atoms with E-state index in [-0.39, 0.29) is 11.9 Å². The quantitative estimate of drug-likeness (QED) is 0.584. The number of nitrogens with zero attached hydrogens (tertiary/aromatic N) is 4. The van der Waals surface area contributed by atoms with Gasteiger partial charge >= 0.3 is 0 Å². The molecule has 1 amide bonds. The van der Waals surface area contributed by atoms with Gasteiger partial charge in [-0.15, -0.1) is 0 Å². The van der Waals surface area contributed by atoms with Crippen molar-refractivity contribution < 1.29 is 4.79 Å². The van der Waals surface area contributed by atoms with E-state index in [0.717, 1.165) is 22.8 Å². The summed E-state index contributed by atoms with van der Waals surface area (Å²) in [4.78, 5) is 17.5. The van der Waals surface area contributed by atoms with Gasteiger partial charge in [0.25, 0.3) is 5.91 Å². The number of rotatable bonds is 5. The Morgan fingerprint density at radius 3 is 2.36 bits per heavy atom. The molecule has 0 aliphatic rings. The van der Waals surface area contributed by atoms with Crippen LogP contribution in [0.25, 0.3) is 5.69 Å². The summed E-state index contributed by atoms with van der Waals surface area (Å²) >= 11 is 0. The number of carbonyl (C=O) groups excluding carboxylic acids is 1. The third-order valence-corrected chi connectivity index (χ3v) is 4.78. The smallest absolute Gasteiger partial charge is 0.255 e. The highest BCUT2D eigenvalue weighted by atomic mass is 16.1. The van der Waals surface area contributed by atoms with Gasteiger partial charge in [-0.05, 0) is 24.6 Å². The van der Waals surface area contributed by atoms with Crippen LogP contribution in [0, 0.1) is 6.92 Å². The first-order chi connectivity index (χ1) is 13.6. The predicted octanol–water partition coefficient (Wildman–Crippen LogP) is 3.43. The molecule has 6 heteroatoms. The predicted molar refractivity (Wildman–Crippen MR) is 107 cm³/mol. The number of amides is 1. The fraction of sp³-hybridized carbons (Fsp3) is 0.136. The number of nitrogens with one attached hydrogen (secondary N) is 1. The fourth-order valence-corrected chi connectivity index (χ4v) is 3.27. The molecule has 1 N–H and O–H groups in total. The van der Waals surface area contributed by atoms with Gasteiger partial charge < -0.3 is 9.88 Å². The zero-order chi connectivity index (χ0) is 19.5. The molecule has 0 radical (unpaired) electrons. The highest BCUT2D eigenvalue weighted by Gasteiger charge is 2.23. The van der Waals surface area contributed by atoms with Crippen LogP contribution in [0.1, 0.15) is 33.5 Å². The summed E-state index contributed by atoms with van der Waals surface area (Å²) in [5.74, 6) is 0.587. The van der Waals surface area contributed by atoms with Gasteiger partial charge in [0, 0.05) is 19.4 Å². The van der Waals surface area contributed by atoms with E-state index in [1.807, 2.05) is 85.4 Å². The van der Waals surface area contributed by atoms with E-state index in [2.05, 4.69) is 15.4 Å². The average Bonchev–Trinajstić information content (AvgIpc) is 3.33. The fourth-order valence-electron chi connectivity index (χ4n) is 3.27. The van der Waals surface area contributed by atoms with Crippen LogP contribution in [0.4, 0.5) is 0 Å². The first-order valence-corrected chi connectivity index (χ1v) is 9.08. The van der Waals surface area contributed by atoms with E-state index in [9.17, 15) is 4.79 Å². The number of imidazole rings is 1. The molecule has 28 heavy (non-hydrogen) atoms.